The number of carbonyl (C=O) groups excluding carboxylic acids is 2. The van der Waals surface area contributed by atoms with Crippen molar-refractivity contribution in [3.8, 4) is 0 Å². The molecule has 0 radical (unpaired) electrons. The maximum Gasteiger partial charge on any atom is 0.230 e. The van der Waals surface area contributed by atoms with Crippen LogP contribution in [0.25, 0.3) is 0 Å². The van der Waals surface area contributed by atoms with Crippen LogP contribution in [0.2, 0.25) is 0 Å². The lowest BCUT2D eigenvalue weighted by Crippen LogP contribution is -2.37. The smallest absolute Gasteiger partial charge is 0.230 e. The number of hydrogen-bond donors (Lipinski definition) is 1. The molecule has 2 atom stereocenters. The highest BCUT2D eigenvalue weighted by Crippen LogP contribution is 2.43. The standard InChI is InChI=1S/C24H28N2O2/c1-3-16-10-7-11-17(4-2)22(16)25-23(27)19-15-20(19)24(28)26-14-8-12-18-9-5-6-13-21(18)26/h5-7,9-11,13,19-20H,3-4,8,12,14-15H2,1-2H3,(H,25,27). The zero-order valence-corrected chi connectivity index (χ0v) is 16.7. The molecule has 2 unspecified atom stereocenters. The Bertz CT molecular complexity index is 883. The predicted octanol–water partition coefficient (Wildman–Crippen LogP) is 4.37. The number of hydrogen-bond acceptors (Lipinski definition) is 2. The van der Waals surface area contributed by atoms with Crippen molar-refractivity contribution < 1.29 is 9.59 Å². The number of para-hydroxylation sites is 2. The molecular weight excluding hydrogens is 348 g/mol. The Morgan fingerprint density at radius 1 is 1.00 bits per heavy atom. The molecule has 28 heavy (non-hydrogen) atoms. The molecule has 0 bridgehead atoms. The molecule has 0 spiro atoms. The van der Waals surface area contributed by atoms with E-state index < -0.39 is 0 Å². The van der Waals surface area contributed by atoms with Gasteiger partial charge >= 0.3 is 0 Å². The zero-order valence-electron chi connectivity index (χ0n) is 16.7. The van der Waals surface area contributed by atoms with Crippen molar-refractivity contribution in [2.24, 2.45) is 11.8 Å². The normalized spacial score (nSPS) is 20.4. The van der Waals surface area contributed by atoms with Crippen LogP contribution in [-0.4, -0.2) is 18.4 Å². The molecule has 0 aromatic heterocycles. The molecule has 1 aliphatic carbocycles. The molecule has 2 amide bonds. The van der Waals surface area contributed by atoms with Gasteiger partial charge < -0.3 is 10.2 Å². The molecule has 146 valence electrons. The Balaban J connectivity index is 1.47. The third-order valence-electron chi connectivity index (χ3n) is 6.07. The fraction of sp³-hybridized carbons (Fsp3) is 0.417. The van der Waals surface area contributed by atoms with Gasteiger partial charge in [-0.1, -0.05) is 50.2 Å². The quantitative estimate of drug-likeness (QED) is 0.843. The Kier molecular flexibility index (Phi) is 5.21. The van der Waals surface area contributed by atoms with Gasteiger partial charge in [-0.25, -0.2) is 0 Å². The summed E-state index contributed by atoms with van der Waals surface area (Å²) in [5.41, 5.74) is 5.50. The van der Waals surface area contributed by atoms with E-state index in [2.05, 4.69) is 37.4 Å². The van der Waals surface area contributed by atoms with Gasteiger partial charge in [0.05, 0.1) is 11.8 Å². The number of benzene rings is 2. The number of rotatable bonds is 5. The summed E-state index contributed by atoms with van der Waals surface area (Å²) < 4.78 is 0. The maximum absolute atomic E-state index is 13.1. The molecule has 2 aliphatic rings. The first-order chi connectivity index (χ1) is 13.6. The van der Waals surface area contributed by atoms with Crippen LogP contribution in [0.15, 0.2) is 42.5 Å². The van der Waals surface area contributed by atoms with E-state index in [-0.39, 0.29) is 23.7 Å². The molecule has 2 aromatic carbocycles. The van der Waals surface area contributed by atoms with E-state index in [0.29, 0.717) is 6.42 Å². The van der Waals surface area contributed by atoms with E-state index in [4.69, 9.17) is 0 Å². The van der Waals surface area contributed by atoms with Gasteiger partial charge in [0, 0.05) is 17.9 Å². The second-order valence-corrected chi connectivity index (χ2v) is 7.82. The number of fused-ring (bicyclic) bond motifs is 1. The summed E-state index contributed by atoms with van der Waals surface area (Å²) in [4.78, 5) is 27.9. The van der Waals surface area contributed by atoms with Gasteiger partial charge in [-0.15, -0.1) is 0 Å². The highest BCUT2D eigenvalue weighted by atomic mass is 16.2. The Morgan fingerprint density at radius 3 is 2.43 bits per heavy atom. The van der Waals surface area contributed by atoms with Gasteiger partial charge in [0.1, 0.15) is 0 Å². The highest BCUT2D eigenvalue weighted by molar-refractivity contribution is 6.05. The van der Waals surface area contributed by atoms with Crippen molar-refractivity contribution in [1.29, 1.82) is 0 Å². The van der Waals surface area contributed by atoms with Crippen LogP contribution in [0.4, 0.5) is 11.4 Å². The van der Waals surface area contributed by atoms with Crippen LogP contribution >= 0.6 is 0 Å². The van der Waals surface area contributed by atoms with Crippen LogP contribution in [-0.2, 0) is 28.9 Å². The van der Waals surface area contributed by atoms with Gasteiger partial charge in [0.15, 0.2) is 0 Å². The Labute approximate surface area is 166 Å². The van der Waals surface area contributed by atoms with E-state index in [1.807, 2.05) is 29.2 Å². The van der Waals surface area contributed by atoms with Crippen molar-refractivity contribution in [2.45, 2.75) is 46.0 Å². The summed E-state index contributed by atoms with van der Waals surface area (Å²) in [6.45, 7) is 4.95. The minimum absolute atomic E-state index is 0.0146. The number of nitrogens with zero attached hydrogens (tertiary/aromatic N) is 1. The number of nitrogens with one attached hydrogen (secondary N) is 1. The van der Waals surface area contributed by atoms with Gasteiger partial charge in [-0.3, -0.25) is 9.59 Å². The Morgan fingerprint density at radius 2 is 1.71 bits per heavy atom. The second kappa shape index (κ2) is 7.78. The monoisotopic (exact) mass is 376 g/mol. The van der Waals surface area contributed by atoms with Gasteiger partial charge in [0.25, 0.3) is 0 Å². The van der Waals surface area contributed by atoms with Gasteiger partial charge in [-0.2, -0.15) is 0 Å². The number of aryl methyl sites for hydroxylation is 3. The molecule has 2 aromatic rings. The van der Waals surface area contributed by atoms with Crippen molar-refractivity contribution in [3.05, 3.63) is 59.2 Å². The molecule has 4 heteroatoms. The molecule has 0 saturated heterocycles. The summed E-state index contributed by atoms with van der Waals surface area (Å²) in [6.07, 6.45) is 4.40. The van der Waals surface area contributed by atoms with Crippen molar-refractivity contribution in [1.82, 2.24) is 0 Å². The summed E-state index contributed by atoms with van der Waals surface area (Å²) in [5, 5.41) is 3.14. The molecule has 1 fully saturated rings. The largest absolute Gasteiger partial charge is 0.325 e. The van der Waals surface area contributed by atoms with Crippen LogP contribution in [0.5, 0.6) is 0 Å². The van der Waals surface area contributed by atoms with E-state index in [0.717, 1.165) is 54.7 Å². The molecule has 1 saturated carbocycles. The molecular formula is C24H28N2O2. The van der Waals surface area contributed by atoms with E-state index in [9.17, 15) is 9.59 Å². The van der Waals surface area contributed by atoms with Crippen LogP contribution in [0.3, 0.4) is 0 Å². The number of carbonyl (C=O) groups is 2. The molecule has 4 nitrogen and oxygen atoms in total. The van der Waals surface area contributed by atoms with Crippen LogP contribution in [0, 0.1) is 11.8 Å². The van der Waals surface area contributed by atoms with Crippen molar-refractivity contribution >= 4 is 23.2 Å². The van der Waals surface area contributed by atoms with Gasteiger partial charge in [-0.05, 0) is 54.9 Å². The first-order valence-electron chi connectivity index (χ1n) is 10.4. The molecule has 1 N–H and O–H groups in total. The SMILES string of the molecule is CCc1cccc(CC)c1NC(=O)C1CC1C(=O)N1CCCc2ccccc21. The average molecular weight is 377 g/mol. The fourth-order valence-corrected chi connectivity index (χ4v) is 4.34. The zero-order chi connectivity index (χ0) is 19.7. The van der Waals surface area contributed by atoms with E-state index in [1.54, 1.807) is 0 Å². The second-order valence-electron chi connectivity index (χ2n) is 7.82. The first kappa shape index (κ1) is 18.7. The van der Waals surface area contributed by atoms with Crippen molar-refractivity contribution in [2.75, 3.05) is 16.8 Å². The minimum atomic E-state index is -0.212. The fourth-order valence-electron chi connectivity index (χ4n) is 4.34. The maximum atomic E-state index is 13.1. The summed E-state index contributed by atoms with van der Waals surface area (Å²) in [7, 11) is 0. The van der Waals surface area contributed by atoms with Crippen molar-refractivity contribution in [3.63, 3.8) is 0 Å². The van der Waals surface area contributed by atoms with Crippen LogP contribution < -0.4 is 10.2 Å². The van der Waals surface area contributed by atoms with Crippen LogP contribution in [0.1, 0.15) is 43.4 Å². The first-order valence-corrected chi connectivity index (χ1v) is 10.4. The molecule has 1 aliphatic heterocycles. The average Bonchev–Trinajstić information content (AvgIpc) is 3.54. The highest BCUT2D eigenvalue weighted by Gasteiger charge is 2.50. The molecule has 4 rings (SSSR count). The van der Waals surface area contributed by atoms with E-state index in [1.165, 1.54) is 5.56 Å². The third-order valence-corrected chi connectivity index (χ3v) is 6.07. The van der Waals surface area contributed by atoms with Gasteiger partial charge in [0.2, 0.25) is 11.8 Å². The number of anilines is 2. The lowest BCUT2D eigenvalue weighted by molar-refractivity contribution is -0.123. The number of amides is 2. The lowest BCUT2D eigenvalue weighted by Gasteiger charge is -2.29. The summed E-state index contributed by atoms with van der Waals surface area (Å²) in [6, 6.07) is 14.3. The third kappa shape index (κ3) is 3.44. The minimum Gasteiger partial charge on any atom is -0.325 e. The summed E-state index contributed by atoms with van der Waals surface area (Å²) in [5.74, 6) is -0.313. The van der Waals surface area contributed by atoms with E-state index >= 15 is 0 Å². The molecule has 1 heterocycles. The summed E-state index contributed by atoms with van der Waals surface area (Å²) >= 11 is 0. The predicted molar refractivity (Wildman–Crippen MR) is 113 cm³/mol. The lowest BCUT2D eigenvalue weighted by atomic mass is 10.0. The topological polar surface area (TPSA) is 49.4 Å². The Hall–Kier alpha value is -2.62.